The summed E-state index contributed by atoms with van der Waals surface area (Å²) in [7, 11) is 0. The van der Waals surface area contributed by atoms with Crippen LogP contribution in [-0.2, 0) is 14.3 Å². The van der Waals surface area contributed by atoms with Crippen molar-refractivity contribution in [2.24, 2.45) is 0 Å². The van der Waals surface area contributed by atoms with Crippen molar-refractivity contribution in [3.05, 3.63) is 71.5 Å². The van der Waals surface area contributed by atoms with Crippen molar-refractivity contribution in [2.75, 3.05) is 6.61 Å². The topological polar surface area (TPSA) is 47.6 Å². The molecule has 5 heteroatoms. The fourth-order valence-electron chi connectivity index (χ4n) is 2.66. The van der Waals surface area contributed by atoms with Crippen molar-refractivity contribution < 1.29 is 18.7 Å². The molecule has 1 aliphatic heterocycles. The van der Waals surface area contributed by atoms with Crippen LogP contribution in [0.25, 0.3) is 0 Å². The third-order valence-electron chi connectivity index (χ3n) is 3.76. The Morgan fingerprint density at radius 1 is 1.13 bits per heavy atom. The lowest BCUT2D eigenvalue weighted by molar-refractivity contribution is -0.146. The molecule has 1 saturated heterocycles. The molecule has 0 aromatic heterocycles. The summed E-state index contributed by atoms with van der Waals surface area (Å²) >= 11 is 0. The predicted octanol–water partition coefficient (Wildman–Crippen LogP) is 3.12. The van der Waals surface area contributed by atoms with Gasteiger partial charge in [-0.15, -0.1) is 0 Å². The first-order valence-corrected chi connectivity index (χ1v) is 7.57. The summed E-state index contributed by atoms with van der Waals surface area (Å²) in [4.78, 5) is 12.2. The van der Waals surface area contributed by atoms with Crippen LogP contribution < -0.4 is 5.32 Å². The van der Waals surface area contributed by atoms with E-state index in [0.29, 0.717) is 6.61 Å². The highest BCUT2D eigenvalue weighted by molar-refractivity contribution is 5.77. The summed E-state index contributed by atoms with van der Waals surface area (Å²) in [6, 6.07) is 14.9. The van der Waals surface area contributed by atoms with Gasteiger partial charge in [-0.05, 0) is 30.2 Å². The quantitative estimate of drug-likeness (QED) is 0.881. The fraction of sp³-hybridized carbons (Fsp3) is 0.278. The Kier molecular flexibility index (Phi) is 4.69. The van der Waals surface area contributed by atoms with E-state index < -0.39 is 18.4 Å². The lowest BCUT2D eigenvalue weighted by Crippen LogP contribution is -2.37. The minimum Gasteiger partial charge on any atom is -0.465 e. The highest BCUT2D eigenvalue weighted by Crippen LogP contribution is 2.35. The summed E-state index contributed by atoms with van der Waals surface area (Å²) in [5.74, 6) is -0.667. The normalized spacial score (nSPS) is 23.7. The number of halogens is 1. The van der Waals surface area contributed by atoms with E-state index in [1.165, 1.54) is 12.1 Å². The highest BCUT2D eigenvalue weighted by Gasteiger charge is 2.41. The summed E-state index contributed by atoms with van der Waals surface area (Å²) in [5, 5.41) is 3.14. The zero-order valence-electron chi connectivity index (χ0n) is 12.7. The standard InChI is InChI=1S/C18H18FNO3/c1-2-22-18(21)15-16(12-6-4-3-5-7-12)23-17(20-15)13-8-10-14(19)11-9-13/h3-11,15-17,20H,2H2,1H3/t15-,16+,17?/m0/s1. The number of nitrogens with one attached hydrogen (secondary N) is 1. The van der Waals surface area contributed by atoms with Gasteiger partial charge in [0.1, 0.15) is 24.2 Å². The van der Waals surface area contributed by atoms with Crippen LogP contribution in [0.15, 0.2) is 54.6 Å². The number of ether oxygens (including phenoxy) is 2. The molecule has 1 fully saturated rings. The Morgan fingerprint density at radius 2 is 1.83 bits per heavy atom. The van der Waals surface area contributed by atoms with Crippen LogP contribution in [0.1, 0.15) is 30.4 Å². The molecule has 1 aliphatic rings. The van der Waals surface area contributed by atoms with Crippen molar-refractivity contribution in [2.45, 2.75) is 25.3 Å². The zero-order chi connectivity index (χ0) is 16.2. The summed E-state index contributed by atoms with van der Waals surface area (Å²) in [5.41, 5.74) is 1.65. The van der Waals surface area contributed by atoms with Crippen molar-refractivity contribution in [1.29, 1.82) is 0 Å². The van der Waals surface area contributed by atoms with E-state index in [4.69, 9.17) is 9.47 Å². The predicted molar refractivity (Wildman–Crippen MR) is 83.0 cm³/mol. The van der Waals surface area contributed by atoms with Crippen LogP contribution in [0, 0.1) is 5.82 Å². The molecule has 1 N–H and O–H groups in total. The van der Waals surface area contributed by atoms with E-state index in [2.05, 4.69) is 5.32 Å². The molecular weight excluding hydrogens is 297 g/mol. The molecule has 120 valence electrons. The summed E-state index contributed by atoms with van der Waals surface area (Å²) < 4.78 is 24.2. The number of esters is 1. The molecule has 0 spiro atoms. The van der Waals surface area contributed by atoms with Gasteiger partial charge in [0.2, 0.25) is 0 Å². The molecule has 2 aromatic carbocycles. The van der Waals surface area contributed by atoms with Crippen LogP contribution in [-0.4, -0.2) is 18.6 Å². The molecule has 1 heterocycles. The maximum absolute atomic E-state index is 13.1. The highest BCUT2D eigenvalue weighted by atomic mass is 19.1. The number of rotatable bonds is 4. The van der Waals surface area contributed by atoms with E-state index in [1.807, 2.05) is 30.3 Å². The first-order valence-electron chi connectivity index (χ1n) is 7.57. The maximum Gasteiger partial charge on any atom is 0.326 e. The Bertz CT molecular complexity index is 660. The van der Waals surface area contributed by atoms with Crippen molar-refractivity contribution in [1.82, 2.24) is 5.32 Å². The third kappa shape index (κ3) is 3.41. The summed E-state index contributed by atoms with van der Waals surface area (Å²) in [6.07, 6.45) is -0.944. The van der Waals surface area contributed by atoms with Gasteiger partial charge in [0.25, 0.3) is 0 Å². The van der Waals surface area contributed by atoms with E-state index >= 15 is 0 Å². The van der Waals surface area contributed by atoms with Crippen LogP contribution >= 0.6 is 0 Å². The van der Waals surface area contributed by atoms with Gasteiger partial charge >= 0.3 is 5.97 Å². The lowest BCUT2D eigenvalue weighted by atomic mass is 10.0. The SMILES string of the molecule is CCOC(=O)[C@H]1NC(c2ccc(F)cc2)O[C@@H]1c1ccccc1. The molecule has 2 aromatic rings. The minimum absolute atomic E-state index is 0.305. The van der Waals surface area contributed by atoms with Gasteiger partial charge in [-0.3, -0.25) is 10.1 Å². The van der Waals surface area contributed by atoms with Crippen LogP contribution in [0.2, 0.25) is 0 Å². The molecule has 23 heavy (non-hydrogen) atoms. The van der Waals surface area contributed by atoms with Gasteiger partial charge in [0, 0.05) is 0 Å². The van der Waals surface area contributed by atoms with Gasteiger partial charge in [-0.2, -0.15) is 0 Å². The van der Waals surface area contributed by atoms with Crippen molar-refractivity contribution in [3.8, 4) is 0 Å². The van der Waals surface area contributed by atoms with E-state index in [-0.39, 0.29) is 11.8 Å². The Balaban J connectivity index is 1.86. The first-order chi connectivity index (χ1) is 11.2. The smallest absolute Gasteiger partial charge is 0.326 e. The van der Waals surface area contributed by atoms with E-state index in [0.717, 1.165) is 11.1 Å². The number of carbonyl (C=O) groups is 1. The van der Waals surface area contributed by atoms with E-state index in [9.17, 15) is 9.18 Å². The van der Waals surface area contributed by atoms with Crippen LogP contribution in [0.5, 0.6) is 0 Å². The molecule has 1 unspecified atom stereocenters. The Hall–Kier alpha value is -2.24. The van der Waals surface area contributed by atoms with Gasteiger partial charge in [0.05, 0.1) is 6.61 Å². The molecular formula is C18H18FNO3. The first kappa shape index (κ1) is 15.6. The third-order valence-corrected chi connectivity index (χ3v) is 3.76. The second-order valence-corrected chi connectivity index (χ2v) is 5.30. The van der Waals surface area contributed by atoms with Gasteiger partial charge in [-0.25, -0.2) is 4.39 Å². The number of carbonyl (C=O) groups excluding carboxylic acids is 1. The van der Waals surface area contributed by atoms with E-state index in [1.54, 1.807) is 19.1 Å². The zero-order valence-corrected chi connectivity index (χ0v) is 12.7. The molecule has 0 bridgehead atoms. The average molecular weight is 315 g/mol. The molecule has 4 nitrogen and oxygen atoms in total. The minimum atomic E-state index is -0.604. The molecule has 0 radical (unpaired) electrons. The molecule has 3 atom stereocenters. The van der Waals surface area contributed by atoms with Gasteiger partial charge in [0.15, 0.2) is 0 Å². The van der Waals surface area contributed by atoms with Crippen LogP contribution in [0.4, 0.5) is 4.39 Å². The second kappa shape index (κ2) is 6.89. The monoisotopic (exact) mass is 315 g/mol. The lowest BCUT2D eigenvalue weighted by Gasteiger charge is -2.16. The summed E-state index contributed by atoms with van der Waals surface area (Å²) in [6.45, 7) is 2.07. The fourth-order valence-corrected chi connectivity index (χ4v) is 2.66. The van der Waals surface area contributed by atoms with Crippen LogP contribution in [0.3, 0.4) is 0 Å². The van der Waals surface area contributed by atoms with Crippen molar-refractivity contribution >= 4 is 5.97 Å². The maximum atomic E-state index is 13.1. The largest absolute Gasteiger partial charge is 0.465 e. The number of hydrogen-bond acceptors (Lipinski definition) is 4. The van der Waals surface area contributed by atoms with Crippen molar-refractivity contribution in [3.63, 3.8) is 0 Å². The Labute approximate surface area is 134 Å². The number of benzene rings is 2. The second-order valence-electron chi connectivity index (χ2n) is 5.30. The average Bonchev–Trinajstić information content (AvgIpc) is 3.02. The number of hydrogen-bond donors (Lipinski definition) is 1. The molecule has 0 aliphatic carbocycles. The molecule has 0 amide bonds. The van der Waals surface area contributed by atoms with Gasteiger partial charge < -0.3 is 9.47 Å². The molecule has 3 rings (SSSR count). The Morgan fingerprint density at radius 3 is 2.48 bits per heavy atom. The molecule has 0 saturated carbocycles. The van der Waals surface area contributed by atoms with Gasteiger partial charge in [-0.1, -0.05) is 42.5 Å².